The van der Waals surface area contributed by atoms with Crippen LogP contribution in [0.5, 0.6) is 0 Å². The van der Waals surface area contributed by atoms with E-state index in [1.807, 2.05) is 6.08 Å². The van der Waals surface area contributed by atoms with Gasteiger partial charge in [-0.25, -0.2) is 0 Å². The molecule has 0 spiro atoms. The molecular weight excluding hydrogens is 298 g/mol. The highest BCUT2D eigenvalue weighted by atomic mass is 16.3. The fourth-order valence-electron chi connectivity index (χ4n) is 3.48. The van der Waals surface area contributed by atoms with Crippen molar-refractivity contribution in [2.45, 2.75) is 102 Å². The summed E-state index contributed by atoms with van der Waals surface area (Å²) in [6.45, 7) is 7.10. The Kier molecular flexibility index (Phi) is 17.2. The lowest BCUT2D eigenvalue weighted by atomic mass is 9.85. The number of hydrogen-bond acceptors (Lipinski definition) is 3. The summed E-state index contributed by atoms with van der Waals surface area (Å²) in [5, 5.41) is 22.2. The molecule has 0 amide bonds. The van der Waals surface area contributed by atoms with E-state index < -0.39 is 0 Å². The first kappa shape index (κ1) is 23.6. The molecular formula is C21H43NO2. The summed E-state index contributed by atoms with van der Waals surface area (Å²) in [5.41, 5.74) is -0.128. The van der Waals surface area contributed by atoms with Crippen LogP contribution in [-0.4, -0.2) is 35.5 Å². The van der Waals surface area contributed by atoms with Crippen molar-refractivity contribution in [1.82, 2.24) is 5.32 Å². The van der Waals surface area contributed by atoms with Gasteiger partial charge in [-0.15, -0.1) is 6.58 Å². The molecule has 144 valence electrons. The van der Waals surface area contributed by atoms with Gasteiger partial charge in [0.2, 0.25) is 0 Å². The van der Waals surface area contributed by atoms with E-state index in [0.717, 1.165) is 13.0 Å². The topological polar surface area (TPSA) is 52.5 Å². The Morgan fingerprint density at radius 1 is 0.750 bits per heavy atom. The zero-order valence-electron chi connectivity index (χ0n) is 16.2. The van der Waals surface area contributed by atoms with Gasteiger partial charge in [0.05, 0.1) is 0 Å². The van der Waals surface area contributed by atoms with Gasteiger partial charge in [0.1, 0.15) is 0 Å². The normalized spacial score (nSPS) is 11.8. The second kappa shape index (κ2) is 17.4. The molecule has 24 heavy (non-hydrogen) atoms. The minimum Gasteiger partial charge on any atom is -0.396 e. The maximum absolute atomic E-state index is 9.36. The molecule has 3 heteroatoms. The molecule has 0 aliphatic heterocycles. The summed E-state index contributed by atoms with van der Waals surface area (Å²) in [7, 11) is 0. The maximum atomic E-state index is 9.36. The summed E-state index contributed by atoms with van der Waals surface area (Å²) in [6.07, 6.45) is 19.1. The summed E-state index contributed by atoms with van der Waals surface area (Å²) >= 11 is 0. The zero-order chi connectivity index (χ0) is 17.9. The lowest BCUT2D eigenvalue weighted by Crippen LogP contribution is -2.46. The van der Waals surface area contributed by atoms with Crippen LogP contribution < -0.4 is 5.32 Å². The number of aliphatic hydroxyl groups excluding tert-OH is 2. The molecule has 3 N–H and O–H groups in total. The molecule has 0 atom stereocenters. The average Bonchev–Trinajstić information content (AvgIpc) is 2.58. The highest BCUT2D eigenvalue weighted by molar-refractivity contribution is 4.90. The SMILES string of the molecule is C=CCNC(CCO)(CCO)CCCCCCCCCCCCC. The van der Waals surface area contributed by atoms with Gasteiger partial charge >= 0.3 is 0 Å². The van der Waals surface area contributed by atoms with Crippen molar-refractivity contribution < 1.29 is 10.2 Å². The molecule has 3 nitrogen and oxygen atoms in total. The summed E-state index contributed by atoms with van der Waals surface area (Å²) < 4.78 is 0. The van der Waals surface area contributed by atoms with Crippen LogP contribution in [0.15, 0.2) is 12.7 Å². The van der Waals surface area contributed by atoms with E-state index in [2.05, 4.69) is 18.8 Å². The quantitative estimate of drug-likeness (QED) is 0.230. The molecule has 0 radical (unpaired) electrons. The van der Waals surface area contributed by atoms with Crippen LogP contribution in [0.2, 0.25) is 0 Å². The van der Waals surface area contributed by atoms with E-state index in [1.54, 1.807) is 0 Å². The number of nitrogens with one attached hydrogen (secondary N) is 1. The Labute approximate surface area is 150 Å². The lowest BCUT2D eigenvalue weighted by molar-refractivity contribution is 0.156. The van der Waals surface area contributed by atoms with Gasteiger partial charge in [0.25, 0.3) is 0 Å². The van der Waals surface area contributed by atoms with E-state index in [0.29, 0.717) is 12.8 Å². The number of hydrogen-bond donors (Lipinski definition) is 3. The van der Waals surface area contributed by atoms with Gasteiger partial charge in [0.15, 0.2) is 0 Å². The minimum absolute atomic E-state index is 0.128. The molecule has 0 aromatic rings. The van der Waals surface area contributed by atoms with Gasteiger partial charge in [-0.2, -0.15) is 0 Å². The molecule has 0 fully saturated rings. The van der Waals surface area contributed by atoms with Crippen molar-refractivity contribution in [3.63, 3.8) is 0 Å². The molecule has 0 heterocycles. The van der Waals surface area contributed by atoms with Crippen molar-refractivity contribution in [3.8, 4) is 0 Å². The third-order valence-corrected chi connectivity index (χ3v) is 5.06. The molecule has 0 saturated carbocycles. The molecule has 0 unspecified atom stereocenters. The Bertz CT molecular complexity index is 263. The minimum atomic E-state index is -0.128. The largest absolute Gasteiger partial charge is 0.396 e. The molecule has 0 aromatic carbocycles. The van der Waals surface area contributed by atoms with E-state index >= 15 is 0 Å². The van der Waals surface area contributed by atoms with Gasteiger partial charge in [-0.05, 0) is 19.3 Å². The van der Waals surface area contributed by atoms with Gasteiger partial charge in [0, 0.05) is 25.3 Å². The van der Waals surface area contributed by atoms with Crippen molar-refractivity contribution in [1.29, 1.82) is 0 Å². The molecule has 0 aromatic heterocycles. The predicted octanol–water partition coefficient (Wildman–Crippen LogP) is 4.97. The van der Waals surface area contributed by atoms with E-state index in [1.165, 1.54) is 70.6 Å². The first-order valence-electron chi connectivity index (χ1n) is 10.3. The Balaban J connectivity index is 3.76. The number of rotatable bonds is 19. The molecule has 0 aliphatic carbocycles. The van der Waals surface area contributed by atoms with Gasteiger partial charge < -0.3 is 15.5 Å². The van der Waals surface area contributed by atoms with Crippen LogP contribution in [-0.2, 0) is 0 Å². The van der Waals surface area contributed by atoms with Crippen molar-refractivity contribution in [3.05, 3.63) is 12.7 Å². The third kappa shape index (κ3) is 13.0. The van der Waals surface area contributed by atoms with Gasteiger partial charge in [-0.1, -0.05) is 83.6 Å². The van der Waals surface area contributed by atoms with Crippen LogP contribution in [0.3, 0.4) is 0 Å². The van der Waals surface area contributed by atoms with Crippen molar-refractivity contribution in [2.75, 3.05) is 19.8 Å². The first-order chi connectivity index (χ1) is 11.7. The number of aliphatic hydroxyl groups is 2. The van der Waals surface area contributed by atoms with Gasteiger partial charge in [-0.3, -0.25) is 0 Å². The standard InChI is InChI=1S/C21H43NO2/c1-3-5-6-7-8-9-10-11-12-13-14-15-21(16-19-23,17-20-24)22-18-4-2/h4,22-24H,2-3,5-20H2,1H3. The zero-order valence-corrected chi connectivity index (χ0v) is 16.2. The summed E-state index contributed by atoms with van der Waals surface area (Å²) in [6, 6.07) is 0. The molecule has 0 saturated heterocycles. The predicted molar refractivity (Wildman–Crippen MR) is 105 cm³/mol. The fourth-order valence-corrected chi connectivity index (χ4v) is 3.48. The fraction of sp³-hybridized carbons (Fsp3) is 0.905. The second-order valence-corrected chi connectivity index (χ2v) is 7.18. The summed E-state index contributed by atoms with van der Waals surface area (Å²) in [4.78, 5) is 0. The molecule has 0 bridgehead atoms. The number of unbranched alkanes of at least 4 members (excludes halogenated alkanes) is 10. The highest BCUT2D eigenvalue weighted by Gasteiger charge is 2.27. The third-order valence-electron chi connectivity index (χ3n) is 5.06. The Morgan fingerprint density at radius 3 is 1.62 bits per heavy atom. The van der Waals surface area contributed by atoms with E-state index in [-0.39, 0.29) is 18.8 Å². The van der Waals surface area contributed by atoms with Crippen LogP contribution in [0, 0.1) is 0 Å². The smallest absolute Gasteiger partial charge is 0.0448 e. The van der Waals surface area contributed by atoms with E-state index in [4.69, 9.17) is 0 Å². The monoisotopic (exact) mass is 341 g/mol. The summed E-state index contributed by atoms with van der Waals surface area (Å²) in [5.74, 6) is 0. The van der Waals surface area contributed by atoms with Crippen LogP contribution in [0.25, 0.3) is 0 Å². The Hall–Kier alpha value is -0.380. The van der Waals surface area contributed by atoms with Crippen LogP contribution in [0.4, 0.5) is 0 Å². The average molecular weight is 342 g/mol. The van der Waals surface area contributed by atoms with Crippen LogP contribution >= 0.6 is 0 Å². The van der Waals surface area contributed by atoms with Crippen LogP contribution in [0.1, 0.15) is 96.8 Å². The highest BCUT2D eigenvalue weighted by Crippen LogP contribution is 2.23. The molecule has 0 rings (SSSR count). The van der Waals surface area contributed by atoms with Crippen molar-refractivity contribution >= 4 is 0 Å². The lowest BCUT2D eigenvalue weighted by Gasteiger charge is -2.34. The van der Waals surface area contributed by atoms with E-state index in [9.17, 15) is 10.2 Å². The molecule has 0 aliphatic rings. The Morgan fingerprint density at radius 2 is 1.21 bits per heavy atom. The first-order valence-corrected chi connectivity index (χ1v) is 10.3. The second-order valence-electron chi connectivity index (χ2n) is 7.18. The van der Waals surface area contributed by atoms with Crippen molar-refractivity contribution in [2.24, 2.45) is 0 Å². The maximum Gasteiger partial charge on any atom is 0.0448 e.